The predicted molar refractivity (Wildman–Crippen MR) is 144 cm³/mol. The standard InChI is InChI=1S/C30H18N4OS/c31-16-24-27(23-14-6-10-19-8-2-4-13-22(19)23)25(17-32)30-34(28(24)33)29(35)26(36-30)15-20-11-5-9-18-7-1-3-12-21(18)20/h1-15,27H,33H2/t27-/m0/s1. The summed E-state index contributed by atoms with van der Waals surface area (Å²) in [5, 5.41) is 24.5. The van der Waals surface area contributed by atoms with Crippen LogP contribution in [-0.2, 0) is 0 Å². The maximum Gasteiger partial charge on any atom is 0.274 e. The molecule has 1 atom stereocenters. The molecule has 4 aromatic carbocycles. The summed E-state index contributed by atoms with van der Waals surface area (Å²) in [5.41, 5.74) is 8.40. The Hall–Kier alpha value is -4.91. The van der Waals surface area contributed by atoms with Crippen molar-refractivity contribution in [3.05, 3.63) is 121 Å². The molecular weight excluding hydrogens is 464 g/mol. The number of nitrogens with two attached hydrogens (primary N) is 1. The van der Waals surface area contributed by atoms with Gasteiger partial charge >= 0.3 is 0 Å². The van der Waals surface area contributed by atoms with E-state index in [1.165, 1.54) is 15.9 Å². The van der Waals surface area contributed by atoms with Crippen LogP contribution in [0.25, 0.3) is 39.0 Å². The van der Waals surface area contributed by atoms with E-state index in [2.05, 4.69) is 12.1 Å². The van der Waals surface area contributed by atoms with Crippen molar-refractivity contribution in [3.63, 3.8) is 0 Å². The molecule has 0 amide bonds. The number of hydrogen-bond donors (Lipinski definition) is 1. The Morgan fingerprint density at radius 1 is 0.806 bits per heavy atom. The zero-order valence-electron chi connectivity index (χ0n) is 19.0. The molecule has 0 aliphatic carbocycles. The quantitative estimate of drug-likeness (QED) is 0.409. The second-order valence-electron chi connectivity index (χ2n) is 8.56. The Morgan fingerprint density at radius 3 is 2.14 bits per heavy atom. The smallest absolute Gasteiger partial charge is 0.274 e. The average molecular weight is 483 g/mol. The number of hydrogen-bond acceptors (Lipinski definition) is 5. The highest BCUT2D eigenvalue weighted by atomic mass is 32.1. The van der Waals surface area contributed by atoms with Crippen LogP contribution in [0.5, 0.6) is 0 Å². The topological polar surface area (TPSA) is 95.6 Å². The molecule has 6 rings (SSSR count). The third kappa shape index (κ3) is 3.17. The van der Waals surface area contributed by atoms with Crippen molar-refractivity contribution in [1.82, 2.24) is 4.57 Å². The van der Waals surface area contributed by atoms with E-state index in [9.17, 15) is 15.3 Å². The minimum atomic E-state index is -0.658. The average Bonchev–Trinajstić information content (AvgIpc) is 3.24. The number of allylic oxidation sites excluding steroid dienone is 1. The minimum Gasteiger partial charge on any atom is -0.384 e. The molecule has 0 saturated carbocycles. The summed E-state index contributed by atoms with van der Waals surface area (Å²) in [6.07, 6.45) is 1.84. The van der Waals surface area contributed by atoms with Gasteiger partial charge in [-0.25, -0.2) is 0 Å². The molecule has 0 unspecified atom stereocenters. The molecule has 5 aromatic rings. The number of fused-ring (bicyclic) bond motifs is 3. The number of aromatic nitrogens is 1. The van der Waals surface area contributed by atoms with E-state index in [0.29, 0.717) is 14.8 Å². The maximum absolute atomic E-state index is 13.5. The van der Waals surface area contributed by atoms with Gasteiger partial charge < -0.3 is 5.73 Å². The Kier molecular flexibility index (Phi) is 5.04. The van der Waals surface area contributed by atoms with Crippen molar-refractivity contribution >= 4 is 50.4 Å². The lowest BCUT2D eigenvalue weighted by Gasteiger charge is -2.23. The molecule has 0 fully saturated rings. The fourth-order valence-electron chi connectivity index (χ4n) is 4.98. The zero-order chi connectivity index (χ0) is 24.8. The van der Waals surface area contributed by atoms with Crippen LogP contribution in [0.1, 0.15) is 17.0 Å². The lowest BCUT2D eigenvalue weighted by atomic mass is 9.82. The van der Waals surface area contributed by atoms with Crippen molar-refractivity contribution in [1.29, 1.82) is 10.5 Å². The first kappa shape index (κ1) is 21.6. The van der Waals surface area contributed by atoms with E-state index in [1.807, 2.05) is 91.0 Å². The fraction of sp³-hybridized carbons (Fsp3) is 0.0333. The van der Waals surface area contributed by atoms with Gasteiger partial charge in [-0.1, -0.05) is 84.9 Å². The summed E-state index contributed by atoms with van der Waals surface area (Å²) >= 11 is 1.23. The summed E-state index contributed by atoms with van der Waals surface area (Å²) < 4.78 is 2.23. The predicted octanol–water partition coefficient (Wildman–Crippen LogP) is 4.17. The highest BCUT2D eigenvalue weighted by Gasteiger charge is 2.33. The molecule has 170 valence electrons. The van der Waals surface area contributed by atoms with Crippen LogP contribution in [0, 0.1) is 22.7 Å². The molecule has 6 heteroatoms. The second-order valence-corrected chi connectivity index (χ2v) is 9.59. The van der Waals surface area contributed by atoms with Crippen LogP contribution in [0.15, 0.2) is 95.3 Å². The van der Waals surface area contributed by atoms with E-state index in [4.69, 9.17) is 5.73 Å². The molecule has 5 nitrogen and oxygen atoms in total. The lowest BCUT2D eigenvalue weighted by Crippen LogP contribution is -2.38. The van der Waals surface area contributed by atoms with Gasteiger partial charge in [-0.15, -0.1) is 11.3 Å². The van der Waals surface area contributed by atoms with Crippen molar-refractivity contribution in [2.24, 2.45) is 5.73 Å². The van der Waals surface area contributed by atoms with Crippen LogP contribution in [0.3, 0.4) is 0 Å². The van der Waals surface area contributed by atoms with Gasteiger partial charge in [-0.3, -0.25) is 9.36 Å². The normalized spacial score (nSPS) is 15.7. The molecule has 36 heavy (non-hydrogen) atoms. The first-order chi connectivity index (χ1) is 17.6. The number of nitriles is 2. The van der Waals surface area contributed by atoms with E-state index in [1.54, 1.807) is 0 Å². The molecular formula is C30H18N4OS. The van der Waals surface area contributed by atoms with Crippen molar-refractivity contribution < 1.29 is 0 Å². The number of rotatable bonds is 2. The Morgan fingerprint density at radius 2 is 1.42 bits per heavy atom. The highest BCUT2D eigenvalue weighted by Crippen LogP contribution is 2.38. The number of benzene rings is 4. The summed E-state index contributed by atoms with van der Waals surface area (Å²) in [6, 6.07) is 32.1. The molecule has 1 aliphatic heterocycles. The van der Waals surface area contributed by atoms with Crippen LogP contribution < -0.4 is 20.5 Å². The van der Waals surface area contributed by atoms with Gasteiger partial charge in [0.15, 0.2) is 0 Å². The first-order valence-corrected chi connectivity index (χ1v) is 12.2. The van der Waals surface area contributed by atoms with Crippen LogP contribution in [-0.4, -0.2) is 4.57 Å². The number of nitrogens with zero attached hydrogens (tertiary/aromatic N) is 3. The molecule has 1 aromatic heterocycles. The van der Waals surface area contributed by atoms with Gasteiger partial charge in [-0.05, 0) is 38.7 Å². The minimum absolute atomic E-state index is 0.0725. The van der Waals surface area contributed by atoms with Crippen LogP contribution in [0.4, 0.5) is 0 Å². The summed E-state index contributed by atoms with van der Waals surface area (Å²) in [4.78, 5) is 13.5. The molecule has 0 bridgehead atoms. The maximum atomic E-state index is 13.5. The second kappa shape index (κ2) is 8.39. The van der Waals surface area contributed by atoms with Crippen molar-refractivity contribution in [3.8, 4) is 12.1 Å². The molecule has 0 saturated heterocycles. The molecule has 0 radical (unpaired) electrons. The Balaban J connectivity index is 1.68. The van der Waals surface area contributed by atoms with Crippen molar-refractivity contribution in [2.45, 2.75) is 5.92 Å². The Bertz CT molecular complexity index is 2000. The summed E-state index contributed by atoms with van der Waals surface area (Å²) in [6.45, 7) is 0. The number of thiazole rings is 1. The largest absolute Gasteiger partial charge is 0.384 e. The summed E-state index contributed by atoms with van der Waals surface area (Å²) in [7, 11) is 0. The third-order valence-corrected chi connectivity index (χ3v) is 7.74. The molecule has 2 N–H and O–H groups in total. The van der Waals surface area contributed by atoms with E-state index < -0.39 is 5.92 Å². The van der Waals surface area contributed by atoms with Gasteiger partial charge in [-0.2, -0.15) is 10.5 Å². The van der Waals surface area contributed by atoms with Gasteiger partial charge in [0.05, 0.1) is 33.7 Å². The summed E-state index contributed by atoms with van der Waals surface area (Å²) in [5.74, 6) is -0.585. The molecule has 1 aliphatic rings. The van der Waals surface area contributed by atoms with Gasteiger partial charge in [0.25, 0.3) is 5.56 Å². The van der Waals surface area contributed by atoms with Gasteiger partial charge in [0.2, 0.25) is 0 Å². The first-order valence-electron chi connectivity index (χ1n) is 11.4. The fourth-order valence-corrected chi connectivity index (χ4v) is 6.10. The molecule has 0 spiro atoms. The third-order valence-electron chi connectivity index (χ3n) is 6.63. The van der Waals surface area contributed by atoms with E-state index in [0.717, 1.165) is 32.7 Å². The van der Waals surface area contributed by atoms with Crippen LogP contribution >= 0.6 is 11.3 Å². The van der Waals surface area contributed by atoms with Gasteiger partial charge in [0, 0.05) is 0 Å². The highest BCUT2D eigenvalue weighted by molar-refractivity contribution is 7.07. The lowest BCUT2D eigenvalue weighted by molar-refractivity contribution is 0.910. The van der Waals surface area contributed by atoms with E-state index >= 15 is 0 Å². The molecule has 2 heterocycles. The van der Waals surface area contributed by atoms with Crippen molar-refractivity contribution in [2.75, 3.05) is 0 Å². The van der Waals surface area contributed by atoms with Gasteiger partial charge in [0.1, 0.15) is 10.5 Å². The van der Waals surface area contributed by atoms with E-state index in [-0.39, 0.29) is 17.0 Å². The van der Waals surface area contributed by atoms with Crippen LogP contribution in [0.2, 0.25) is 0 Å². The monoisotopic (exact) mass is 482 g/mol. The Labute approximate surface area is 210 Å². The SMILES string of the molecule is N#CC1=C(N)n2c(sc(=Cc3cccc4ccccc34)c2=O)=C(C#N)[C@H]1c1cccc2ccccc12. The zero-order valence-corrected chi connectivity index (χ0v) is 19.8.